The van der Waals surface area contributed by atoms with E-state index in [0.717, 1.165) is 6.07 Å². The molecule has 0 amide bonds. The number of carboxylic acids is 1. The molecule has 0 aliphatic rings. The van der Waals surface area contributed by atoms with Crippen molar-refractivity contribution in [1.82, 2.24) is 4.72 Å². The van der Waals surface area contributed by atoms with Crippen LogP contribution < -0.4 is 9.44 Å². The fourth-order valence-electron chi connectivity index (χ4n) is 0.932. The van der Waals surface area contributed by atoms with Gasteiger partial charge in [0, 0.05) is 7.05 Å². The summed E-state index contributed by atoms with van der Waals surface area (Å²) >= 11 is 5.72. The molecule has 0 radical (unpaired) electrons. The second-order valence-electron chi connectivity index (χ2n) is 2.81. The first kappa shape index (κ1) is 12.8. The number of nitrogens with one attached hydrogen (secondary N) is 2. The minimum absolute atomic E-state index is 0.0101. The third-order valence-electron chi connectivity index (χ3n) is 1.73. The summed E-state index contributed by atoms with van der Waals surface area (Å²) in [7, 11) is -2.50. The Bertz CT molecular complexity index is 515. The molecule has 0 atom stereocenters. The quantitative estimate of drug-likeness (QED) is 0.753. The fourth-order valence-corrected chi connectivity index (χ4v) is 1.71. The number of carboxylic acid groups (broad SMARTS) is 1. The minimum Gasteiger partial charge on any atom is -0.478 e. The SMILES string of the molecule is CNS(=O)(=O)Nc1cc(C(=O)O)ccc1Cl. The Morgan fingerprint density at radius 2 is 2.06 bits per heavy atom. The summed E-state index contributed by atoms with van der Waals surface area (Å²) < 4.78 is 26.5. The Hall–Kier alpha value is -1.31. The van der Waals surface area contributed by atoms with Gasteiger partial charge in [-0.1, -0.05) is 11.6 Å². The second-order valence-corrected chi connectivity index (χ2v) is 4.84. The molecule has 0 aromatic heterocycles. The average Bonchev–Trinajstić information content (AvgIpc) is 2.21. The lowest BCUT2D eigenvalue weighted by Gasteiger charge is -2.08. The van der Waals surface area contributed by atoms with Gasteiger partial charge in [0.2, 0.25) is 0 Å². The van der Waals surface area contributed by atoms with E-state index in [-0.39, 0.29) is 16.3 Å². The van der Waals surface area contributed by atoms with E-state index < -0.39 is 16.2 Å². The molecule has 1 aromatic carbocycles. The van der Waals surface area contributed by atoms with Crippen LogP contribution in [0.3, 0.4) is 0 Å². The van der Waals surface area contributed by atoms with E-state index >= 15 is 0 Å². The van der Waals surface area contributed by atoms with Gasteiger partial charge in [0.05, 0.1) is 16.3 Å². The van der Waals surface area contributed by atoms with Crippen LogP contribution >= 0.6 is 11.6 Å². The number of carbonyl (C=O) groups is 1. The Kier molecular flexibility index (Phi) is 3.74. The zero-order chi connectivity index (χ0) is 12.3. The summed E-state index contributed by atoms with van der Waals surface area (Å²) in [4.78, 5) is 10.7. The van der Waals surface area contributed by atoms with Crippen molar-refractivity contribution in [2.24, 2.45) is 0 Å². The molecule has 3 N–H and O–H groups in total. The largest absolute Gasteiger partial charge is 0.478 e. The molecular weight excluding hydrogens is 256 g/mol. The minimum atomic E-state index is -3.71. The summed E-state index contributed by atoms with van der Waals surface area (Å²) in [5, 5.41) is 8.83. The molecule has 1 rings (SSSR count). The van der Waals surface area contributed by atoms with Crippen molar-refractivity contribution in [2.75, 3.05) is 11.8 Å². The third kappa shape index (κ3) is 3.09. The van der Waals surface area contributed by atoms with Gasteiger partial charge in [-0.3, -0.25) is 4.72 Å². The maximum absolute atomic E-state index is 11.2. The maximum atomic E-state index is 11.2. The maximum Gasteiger partial charge on any atom is 0.335 e. The number of anilines is 1. The first-order valence-corrected chi connectivity index (χ1v) is 5.96. The predicted molar refractivity (Wildman–Crippen MR) is 60.0 cm³/mol. The predicted octanol–water partition coefficient (Wildman–Crippen LogP) is 0.914. The van der Waals surface area contributed by atoms with E-state index in [9.17, 15) is 13.2 Å². The summed E-state index contributed by atoms with van der Waals surface area (Å²) in [6, 6.07) is 3.72. The molecule has 16 heavy (non-hydrogen) atoms. The van der Waals surface area contributed by atoms with Crippen LogP contribution in [-0.4, -0.2) is 26.5 Å². The number of aromatic carboxylic acids is 1. The van der Waals surface area contributed by atoms with Crippen molar-refractivity contribution in [1.29, 1.82) is 0 Å². The molecular formula is C8H9ClN2O4S. The molecule has 88 valence electrons. The standard InChI is InChI=1S/C8H9ClN2O4S/c1-10-16(14,15)11-7-4-5(8(12)13)2-3-6(7)9/h2-4,10-11H,1H3,(H,12,13). The van der Waals surface area contributed by atoms with Crippen LogP contribution in [0.15, 0.2) is 18.2 Å². The lowest BCUT2D eigenvalue weighted by molar-refractivity contribution is 0.0697. The van der Waals surface area contributed by atoms with Crippen LogP contribution in [0.25, 0.3) is 0 Å². The van der Waals surface area contributed by atoms with Crippen LogP contribution in [0.4, 0.5) is 5.69 Å². The number of hydrogen-bond acceptors (Lipinski definition) is 3. The Balaban J connectivity index is 3.13. The highest BCUT2D eigenvalue weighted by atomic mass is 35.5. The van der Waals surface area contributed by atoms with Gasteiger partial charge in [0.25, 0.3) is 10.2 Å². The second kappa shape index (κ2) is 4.69. The van der Waals surface area contributed by atoms with E-state index in [1.165, 1.54) is 19.2 Å². The summed E-state index contributed by atoms with van der Waals surface area (Å²) in [6.45, 7) is 0. The lowest BCUT2D eigenvalue weighted by Crippen LogP contribution is -2.26. The van der Waals surface area contributed by atoms with Crippen LogP contribution in [0.1, 0.15) is 10.4 Å². The molecule has 0 fully saturated rings. The van der Waals surface area contributed by atoms with E-state index in [1.807, 2.05) is 4.72 Å². The number of hydrogen-bond donors (Lipinski definition) is 3. The molecule has 0 aliphatic carbocycles. The van der Waals surface area contributed by atoms with Crippen molar-refractivity contribution in [3.63, 3.8) is 0 Å². The number of benzene rings is 1. The van der Waals surface area contributed by atoms with Gasteiger partial charge in [-0.25, -0.2) is 9.52 Å². The van der Waals surface area contributed by atoms with Gasteiger partial charge in [-0.05, 0) is 18.2 Å². The Morgan fingerprint density at radius 1 is 1.44 bits per heavy atom. The summed E-state index contributed by atoms with van der Waals surface area (Å²) in [5.41, 5.74) is -0.0471. The Morgan fingerprint density at radius 3 is 2.56 bits per heavy atom. The number of rotatable bonds is 4. The van der Waals surface area contributed by atoms with Crippen molar-refractivity contribution >= 4 is 33.5 Å². The first-order chi connectivity index (χ1) is 7.35. The molecule has 8 heteroatoms. The van der Waals surface area contributed by atoms with Crippen molar-refractivity contribution in [3.05, 3.63) is 28.8 Å². The third-order valence-corrected chi connectivity index (χ3v) is 3.08. The highest BCUT2D eigenvalue weighted by Crippen LogP contribution is 2.23. The van der Waals surface area contributed by atoms with E-state index in [2.05, 4.69) is 4.72 Å². The highest BCUT2D eigenvalue weighted by Gasteiger charge is 2.12. The van der Waals surface area contributed by atoms with Gasteiger partial charge in [0.1, 0.15) is 0 Å². The molecule has 0 bridgehead atoms. The van der Waals surface area contributed by atoms with E-state index in [4.69, 9.17) is 16.7 Å². The normalized spacial score (nSPS) is 11.1. The topological polar surface area (TPSA) is 95.5 Å². The summed E-state index contributed by atoms with van der Waals surface area (Å²) in [6.07, 6.45) is 0. The fraction of sp³-hybridized carbons (Fsp3) is 0.125. The molecule has 0 unspecified atom stereocenters. The van der Waals surface area contributed by atoms with Gasteiger partial charge in [-0.2, -0.15) is 8.42 Å². The molecule has 0 heterocycles. The molecule has 0 spiro atoms. The highest BCUT2D eigenvalue weighted by molar-refractivity contribution is 7.90. The van der Waals surface area contributed by atoms with Crippen LogP contribution in [0, 0.1) is 0 Å². The lowest BCUT2D eigenvalue weighted by atomic mass is 10.2. The zero-order valence-electron chi connectivity index (χ0n) is 8.19. The van der Waals surface area contributed by atoms with E-state index in [0.29, 0.717) is 0 Å². The molecule has 6 nitrogen and oxygen atoms in total. The molecule has 0 saturated heterocycles. The molecule has 0 saturated carbocycles. The van der Waals surface area contributed by atoms with E-state index in [1.54, 1.807) is 0 Å². The summed E-state index contributed by atoms with van der Waals surface area (Å²) in [5.74, 6) is -1.17. The average molecular weight is 265 g/mol. The van der Waals surface area contributed by atoms with Crippen molar-refractivity contribution < 1.29 is 18.3 Å². The van der Waals surface area contributed by atoms with Crippen molar-refractivity contribution in [3.8, 4) is 0 Å². The molecule has 0 aliphatic heterocycles. The Labute approximate surface area is 97.4 Å². The van der Waals surface area contributed by atoms with Crippen LogP contribution in [-0.2, 0) is 10.2 Å². The van der Waals surface area contributed by atoms with Gasteiger partial charge in [-0.15, -0.1) is 0 Å². The van der Waals surface area contributed by atoms with Crippen LogP contribution in [0.2, 0.25) is 5.02 Å². The molecule has 1 aromatic rings. The van der Waals surface area contributed by atoms with Gasteiger partial charge < -0.3 is 5.11 Å². The van der Waals surface area contributed by atoms with Gasteiger partial charge >= 0.3 is 5.97 Å². The van der Waals surface area contributed by atoms with Gasteiger partial charge in [0.15, 0.2) is 0 Å². The van der Waals surface area contributed by atoms with Crippen LogP contribution in [0.5, 0.6) is 0 Å². The van der Waals surface area contributed by atoms with Crippen molar-refractivity contribution in [2.45, 2.75) is 0 Å². The zero-order valence-corrected chi connectivity index (χ0v) is 9.76. The smallest absolute Gasteiger partial charge is 0.335 e. The number of halogens is 1. The monoisotopic (exact) mass is 264 g/mol. The first-order valence-electron chi connectivity index (χ1n) is 4.10.